The van der Waals surface area contributed by atoms with Gasteiger partial charge in [0.1, 0.15) is 6.17 Å². The van der Waals surface area contributed by atoms with Crippen LogP contribution in [0.3, 0.4) is 0 Å². The fraction of sp³-hybridized carbons (Fsp3) is 0.368. The normalized spacial score (nSPS) is 25.0. The zero-order valence-corrected chi connectivity index (χ0v) is 14.4. The molecular formula is C19H22N2O2S. The summed E-state index contributed by atoms with van der Waals surface area (Å²) >= 11 is 0. The Balaban J connectivity index is 1.67. The van der Waals surface area contributed by atoms with Crippen molar-refractivity contribution in [1.82, 2.24) is 9.21 Å². The third-order valence-electron chi connectivity index (χ3n) is 5.05. The Morgan fingerprint density at radius 2 is 1.62 bits per heavy atom. The van der Waals surface area contributed by atoms with Crippen LogP contribution in [0.1, 0.15) is 30.1 Å². The maximum atomic E-state index is 13.1. The van der Waals surface area contributed by atoms with E-state index in [1.807, 2.05) is 60.7 Å². The molecule has 0 spiro atoms. The number of benzene rings is 2. The van der Waals surface area contributed by atoms with Crippen molar-refractivity contribution in [2.75, 3.05) is 13.1 Å². The molecule has 5 heteroatoms. The van der Waals surface area contributed by atoms with Crippen LogP contribution in [0, 0.1) is 0 Å². The number of hydrogen-bond donors (Lipinski definition) is 0. The molecule has 4 nitrogen and oxygen atoms in total. The number of sulfonamides is 1. The lowest BCUT2D eigenvalue weighted by Crippen LogP contribution is -2.36. The fourth-order valence-corrected chi connectivity index (χ4v) is 5.69. The molecule has 24 heavy (non-hydrogen) atoms. The third kappa shape index (κ3) is 2.88. The van der Waals surface area contributed by atoms with Crippen molar-refractivity contribution in [2.45, 2.75) is 30.8 Å². The summed E-state index contributed by atoms with van der Waals surface area (Å²) in [4.78, 5) is 2.36. The minimum Gasteiger partial charge on any atom is -0.279 e. The molecule has 2 aromatic carbocycles. The molecule has 0 aromatic heterocycles. The maximum Gasteiger partial charge on any atom is 0.219 e. The van der Waals surface area contributed by atoms with Crippen molar-refractivity contribution in [3.8, 4) is 0 Å². The highest BCUT2D eigenvalue weighted by Gasteiger charge is 2.47. The molecule has 0 aliphatic carbocycles. The minimum absolute atomic E-state index is 0.0672. The summed E-state index contributed by atoms with van der Waals surface area (Å²) in [7, 11) is -3.36. The van der Waals surface area contributed by atoms with Crippen LogP contribution >= 0.6 is 0 Å². The van der Waals surface area contributed by atoms with Gasteiger partial charge in [-0.05, 0) is 24.0 Å². The molecule has 2 unspecified atom stereocenters. The summed E-state index contributed by atoms with van der Waals surface area (Å²) in [6, 6.07) is 19.8. The fourth-order valence-electron chi connectivity index (χ4n) is 3.97. The van der Waals surface area contributed by atoms with Gasteiger partial charge in [-0.1, -0.05) is 60.7 Å². The minimum atomic E-state index is -3.36. The van der Waals surface area contributed by atoms with Gasteiger partial charge < -0.3 is 0 Å². The molecule has 2 aliphatic rings. The van der Waals surface area contributed by atoms with Crippen molar-refractivity contribution >= 4 is 10.0 Å². The van der Waals surface area contributed by atoms with E-state index in [9.17, 15) is 8.42 Å². The predicted molar refractivity (Wildman–Crippen MR) is 94.7 cm³/mol. The van der Waals surface area contributed by atoms with Crippen LogP contribution in [-0.4, -0.2) is 36.8 Å². The highest BCUT2D eigenvalue weighted by atomic mass is 32.2. The van der Waals surface area contributed by atoms with Crippen LogP contribution < -0.4 is 0 Å². The lowest BCUT2D eigenvalue weighted by Gasteiger charge is -2.29. The Labute approximate surface area is 143 Å². The van der Waals surface area contributed by atoms with Gasteiger partial charge in [-0.3, -0.25) is 4.90 Å². The molecule has 0 amide bonds. The van der Waals surface area contributed by atoms with Crippen LogP contribution in [0.5, 0.6) is 0 Å². The molecule has 2 fully saturated rings. The standard InChI is InChI=1S/C19H22N2O2S/c22-24(23,15-16-8-3-1-4-9-16)21-14-18-12-7-13-20(18)19(21)17-10-5-2-6-11-17/h1-6,8-11,18-19H,7,12-15H2. The highest BCUT2D eigenvalue weighted by Crippen LogP contribution is 2.40. The Morgan fingerprint density at radius 3 is 2.33 bits per heavy atom. The van der Waals surface area contributed by atoms with Crippen LogP contribution in [0.25, 0.3) is 0 Å². The van der Waals surface area contributed by atoms with E-state index in [1.165, 1.54) is 0 Å². The highest BCUT2D eigenvalue weighted by molar-refractivity contribution is 7.88. The maximum absolute atomic E-state index is 13.1. The van der Waals surface area contributed by atoms with Gasteiger partial charge in [0.15, 0.2) is 0 Å². The van der Waals surface area contributed by atoms with Crippen molar-refractivity contribution in [3.05, 3.63) is 71.8 Å². The molecule has 126 valence electrons. The average Bonchev–Trinajstić information content (AvgIpc) is 3.17. The lowest BCUT2D eigenvalue weighted by atomic mass is 10.1. The molecule has 0 bridgehead atoms. The van der Waals surface area contributed by atoms with E-state index in [0.29, 0.717) is 12.6 Å². The summed E-state index contributed by atoms with van der Waals surface area (Å²) in [6.45, 7) is 1.58. The van der Waals surface area contributed by atoms with Gasteiger partial charge in [0.05, 0.1) is 5.75 Å². The van der Waals surface area contributed by atoms with Gasteiger partial charge in [-0.25, -0.2) is 8.42 Å². The summed E-state index contributed by atoms with van der Waals surface area (Å²) in [5, 5.41) is 0. The first-order valence-electron chi connectivity index (χ1n) is 8.49. The lowest BCUT2D eigenvalue weighted by molar-refractivity contribution is 0.198. The van der Waals surface area contributed by atoms with Crippen molar-refractivity contribution in [2.24, 2.45) is 0 Å². The summed E-state index contributed by atoms with van der Waals surface area (Å²) in [5.74, 6) is 0.0672. The zero-order chi connectivity index (χ0) is 16.6. The van der Waals surface area contributed by atoms with E-state index in [0.717, 1.165) is 30.5 Å². The zero-order valence-electron chi connectivity index (χ0n) is 13.6. The molecule has 2 aromatic rings. The van der Waals surface area contributed by atoms with Crippen LogP contribution in [0.15, 0.2) is 60.7 Å². The molecule has 2 atom stereocenters. The van der Waals surface area contributed by atoms with E-state index in [4.69, 9.17) is 0 Å². The van der Waals surface area contributed by atoms with Gasteiger partial charge >= 0.3 is 0 Å². The Kier molecular flexibility index (Phi) is 4.16. The number of fused-ring (bicyclic) bond motifs is 1. The van der Waals surface area contributed by atoms with Gasteiger partial charge in [0, 0.05) is 19.1 Å². The van der Waals surface area contributed by atoms with Crippen LogP contribution in [0.2, 0.25) is 0 Å². The average molecular weight is 342 g/mol. The van der Waals surface area contributed by atoms with Crippen molar-refractivity contribution in [3.63, 3.8) is 0 Å². The van der Waals surface area contributed by atoms with E-state index in [2.05, 4.69) is 4.90 Å². The SMILES string of the molecule is O=S(=O)(Cc1ccccc1)N1CC2CCCN2C1c1ccccc1. The molecular weight excluding hydrogens is 320 g/mol. The molecule has 0 radical (unpaired) electrons. The topological polar surface area (TPSA) is 40.6 Å². The first kappa shape index (κ1) is 15.8. The van der Waals surface area contributed by atoms with E-state index in [1.54, 1.807) is 4.31 Å². The summed E-state index contributed by atoms with van der Waals surface area (Å²) in [6.07, 6.45) is 2.08. The monoisotopic (exact) mass is 342 g/mol. The summed E-state index contributed by atoms with van der Waals surface area (Å²) in [5.41, 5.74) is 1.91. The quantitative estimate of drug-likeness (QED) is 0.858. The second kappa shape index (κ2) is 6.31. The second-order valence-electron chi connectivity index (χ2n) is 6.63. The van der Waals surface area contributed by atoms with E-state index in [-0.39, 0.29) is 11.9 Å². The number of hydrogen-bond acceptors (Lipinski definition) is 3. The first-order chi connectivity index (χ1) is 11.6. The first-order valence-corrected chi connectivity index (χ1v) is 10.1. The number of nitrogens with zero attached hydrogens (tertiary/aromatic N) is 2. The van der Waals surface area contributed by atoms with Gasteiger partial charge in [-0.15, -0.1) is 0 Å². The largest absolute Gasteiger partial charge is 0.279 e. The third-order valence-corrected chi connectivity index (χ3v) is 6.81. The second-order valence-corrected chi connectivity index (χ2v) is 8.55. The van der Waals surface area contributed by atoms with E-state index >= 15 is 0 Å². The molecule has 2 heterocycles. The van der Waals surface area contributed by atoms with Crippen molar-refractivity contribution in [1.29, 1.82) is 0 Å². The van der Waals surface area contributed by atoms with Gasteiger partial charge in [-0.2, -0.15) is 4.31 Å². The predicted octanol–water partition coefficient (Wildman–Crippen LogP) is 3.00. The van der Waals surface area contributed by atoms with Gasteiger partial charge in [0.2, 0.25) is 10.0 Å². The van der Waals surface area contributed by atoms with E-state index < -0.39 is 10.0 Å². The van der Waals surface area contributed by atoms with Gasteiger partial charge in [0.25, 0.3) is 0 Å². The Morgan fingerprint density at radius 1 is 0.958 bits per heavy atom. The Bertz CT molecular complexity index is 793. The molecule has 2 saturated heterocycles. The Hall–Kier alpha value is -1.69. The number of rotatable bonds is 4. The molecule has 2 aliphatic heterocycles. The van der Waals surface area contributed by atoms with Crippen LogP contribution in [-0.2, 0) is 15.8 Å². The summed E-state index contributed by atoms with van der Waals surface area (Å²) < 4.78 is 28.0. The van der Waals surface area contributed by atoms with Crippen molar-refractivity contribution < 1.29 is 8.42 Å². The smallest absolute Gasteiger partial charge is 0.219 e. The van der Waals surface area contributed by atoms with Crippen LogP contribution in [0.4, 0.5) is 0 Å². The molecule has 4 rings (SSSR count). The molecule has 0 saturated carbocycles. The molecule has 0 N–H and O–H groups in total.